The first-order valence-corrected chi connectivity index (χ1v) is 7.55. The molecule has 0 aliphatic carbocycles. The fourth-order valence-corrected chi connectivity index (χ4v) is 2.71. The van der Waals surface area contributed by atoms with E-state index in [2.05, 4.69) is 41.0 Å². The van der Waals surface area contributed by atoms with Crippen molar-refractivity contribution in [3.05, 3.63) is 58.3 Å². The molecule has 0 saturated heterocycles. The third kappa shape index (κ3) is 3.90. The van der Waals surface area contributed by atoms with E-state index in [4.69, 9.17) is 0 Å². The van der Waals surface area contributed by atoms with Gasteiger partial charge in [0.1, 0.15) is 5.82 Å². The number of rotatable bonds is 5. The van der Waals surface area contributed by atoms with E-state index in [0.29, 0.717) is 5.56 Å². The maximum atomic E-state index is 14.0. The van der Waals surface area contributed by atoms with Gasteiger partial charge in [-0.2, -0.15) is 0 Å². The van der Waals surface area contributed by atoms with E-state index in [1.165, 1.54) is 11.6 Å². The highest BCUT2D eigenvalue weighted by Crippen LogP contribution is 2.29. The van der Waals surface area contributed by atoms with Gasteiger partial charge in [-0.1, -0.05) is 40.2 Å². The monoisotopic (exact) mass is 335 g/mol. The van der Waals surface area contributed by atoms with Crippen molar-refractivity contribution in [3.8, 4) is 11.1 Å². The Balaban J connectivity index is 2.31. The molecule has 106 valence electrons. The van der Waals surface area contributed by atoms with E-state index < -0.39 is 0 Å². The predicted octanol–water partition coefficient (Wildman–Crippen LogP) is 4.75. The van der Waals surface area contributed by atoms with Gasteiger partial charge in [-0.25, -0.2) is 4.39 Å². The molecule has 0 aliphatic heterocycles. The minimum Gasteiger partial charge on any atom is -0.309 e. The summed E-state index contributed by atoms with van der Waals surface area (Å²) in [6.07, 6.45) is 2.01. The van der Waals surface area contributed by atoms with E-state index in [0.717, 1.165) is 29.4 Å². The molecule has 1 nitrogen and oxygen atoms in total. The minimum atomic E-state index is -0.163. The van der Waals surface area contributed by atoms with Crippen LogP contribution in [0.3, 0.4) is 0 Å². The van der Waals surface area contributed by atoms with E-state index in [1.807, 2.05) is 24.3 Å². The molecule has 2 aromatic carbocycles. The third-order valence-electron chi connectivity index (χ3n) is 3.28. The largest absolute Gasteiger partial charge is 0.309 e. The van der Waals surface area contributed by atoms with E-state index in [-0.39, 0.29) is 5.82 Å². The van der Waals surface area contributed by atoms with Crippen molar-refractivity contribution in [1.82, 2.24) is 4.90 Å². The van der Waals surface area contributed by atoms with Gasteiger partial charge in [0, 0.05) is 10.0 Å². The quantitative estimate of drug-likeness (QED) is 0.762. The Morgan fingerprint density at radius 3 is 2.50 bits per heavy atom. The molecule has 2 aromatic rings. The average Bonchev–Trinajstić information content (AvgIpc) is 2.40. The van der Waals surface area contributed by atoms with Gasteiger partial charge >= 0.3 is 0 Å². The van der Waals surface area contributed by atoms with Crippen molar-refractivity contribution >= 4 is 15.9 Å². The van der Waals surface area contributed by atoms with Gasteiger partial charge in [-0.05, 0) is 62.8 Å². The molecule has 20 heavy (non-hydrogen) atoms. The van der Waals surface area contributed by atoms with E-state index in [1.54, 1.807) is 6.07 Å². The van der Waals surface area contributed by atoms with Crippen LogP contribution in [0, 0.1) is 5.82 Å². The molecule has 0 atom stereocenters. The zero-order valence-corrected chi connectivity index (χ0v) is 13.5. The van der Waals surface area contributed by atoms with Crippen LogP contribution in [0.4, 0.5) is 4.39 Å². The van der Waals surface area contributed by atoms with Crippen molar-refractivity contribution in [2.45, 2.75) is 12.8 Å². The number of benzene rings is 2. The van der Waals surface area contributed by atoms with Crippen LogP contribution in [0.15, 0.2) is 46.9 Å². The average molecular weight is 336 g/mol. The fourth-order valence-electron chi connectivity index (χ4n) is 2.30. The molecular formula is C17H19BrFN. The number of hydrogen-bond donors (Lipinski definition) is 0. The molecule has 0 unspecified atom stereocenters. The summed E-state index contributed by atoms with van der Waals surface area (Å²) in [7, 11) is 4.14. The van der Waals surface area contributed by atoms with E-state index >= 15 is 0 Å². The number of halogens is 2. The van der Waals surface area contributed by atoms with Crippen molar-refractivity contribution in [2.75, 3.05) is 20.6 Å². The lowest BCUT2D eigenvalue weighted by Crippen LogP contribution is -2.13. The second kappa shape index (κ2) is 7.00. The molecule has 0 fully saturated rings. The van der Waals surface area contributed by atoms with Crippen LogP contribution in [-0.2, 0) is 6.42 Å². The second-order valence-corrected chi connectivity index (χ2v) is 6.10. The normalized spacial score (nSPS) is 11.1. The number of hydrogen-bond acceptors (Lipinski definition) is 1. The first-order chi connectivity index (χ1) is 9.58. The van der Waals surface area contributed by atoms with Gasteiger partial charge in [0.05, 0.1) is 0 Å². The maximum absolute atomic E-state index is 14.0. The Morgan fingerprint density at radius 2 is 1.80 bits per heavy atom. The van der Waals surface area contributed by atoms with Crippen molar-refractivity contribution < 1.29 is 4.39 Å². The Morgan fingerprint density at radius 1 is 1.05 bits per heavy atom. The van der Waals surface area contributed by atoms with Crippen molar-refractivity contribution in [2.24, 2.45) is 0 Å². The Labute approximate surface area is 128 Å². The molecule has 0 spiro atoms. The van der Waals surface area contributed by atoms with Crippen LogP contribution in [0.5, 0.6) is 0 Å². The SMILES string of the molecule is CN(C)CCCc1cc(Br)ccc1-c1ccccc1F. The summed E-state index contributed by atoms with van der Waals surface area (Å²) in [5.74, 6) is -0.163. The van der Waals surface area contributed by atoms with Crippen LogP contribution in [0.2, 0.25) is 0 Å². The Bertz CT molecular complexity index is 581. The summed E-state index contributed by atoms with van der Waals surface area (Å²) in [4.78, 5) is 2.17. The summed E-state index contributed by atoms with van der Waals surface area (Å²) in [6, 6.07) is 13.0. The molecule has 3 heteroatoms. The molecule has 2 rings (SSSR count). The van der Waals surface area contributed by atoms with Gasteiger partial charge in [0.15, 0.2) is 0 Å². The van der Waals surface area contributed by atoms with Gasteiger partial charge in [0.25, 0.3) is 0 Å². The molecule has 0 bridgehead atoms. The van der Waals surface area contributed by atoms with Crippen LogP contribution >= 0.6 is 15.9 Å². The van der Waals surface area contributed by atoms with Crippen LogP contribution in [0.25, 0.3) is 11.1 Å². The van der Waals surface area contributed by atoms with Crippen molar-refractivity contribution in [3.63, 3.8) is 0 Å². The lowest BCUT2D eigenvalue weighted by molar-refractivity contribution is 0.400. The van der Waals surface area contributed by atoms with Crippen LogP contribution in [0.1, 0.15) is 12.0 Å². The minimum absolute atomic E-state index is 0.163. The molecule has 0 radical (unpaired) electrons. The predicted molar refractivity (Wildman–Crippen MR) is 86.4 cm³/mol. The molecular weight excluding hydrogens is 317 g/mol. The smallest absolute Gasteiger partial charge is 0.131 e. The Kier molecular flexibility index (Phi) is 5.32. The number of nitrogens with zero attached hydrogens (tertiary/aromatic N) is 1. The van der Waals surface area contributed by atoms with Gasteiger partial charge < -0.3 is 4.90 Å². The lowest BCUT2D eigenvalue weighted by atomic mass is 9.96. The fraction of sp³-hybridized carbons (Fsp3) is 0.294. The topological polar surface area (TPSA) is 3.24 Å². The summed E-state index contributed by atoms with van der Waals surface area (Å²) >= 11 is 3.50. The summed E-state index contributed by atoms with van der Waals surface area (Å²) in [5.41, 5.74) is 2.86. The highest BCUT2D eigenvalue weighted by atomic mass is 79.9. The van der Waals surface area contributed by atoms with Crippen molar-refractivity contribution in [1.29, 1.82) is 0 Å². The van der Waals surface area contributed by atoms with Gasteiger partial charge in [-0.15, -0.1) is 0 Å². The first kappa shape index (κ1) is 15.2. The second-order valence-electron chi connectivity index (χ2n) is 5.19. The molecule has 0 aliphatic rings. The van der Waals surface area contributed by atoms with E-state index in [9.17, 15) is 4.39 Å². The summed E-state index contributed by atoms with van der Waals surface area (Å²) in [6.45, 7) is 1.03. The third-order valence-corrected chi connectivity index (χ3v) is 3.78. The van der Waals surface area contributed by atoms with Crippen LogP contribution in [-0.4, -0.2) is 25.5 Å². The zero-order valence-electron chi connectivity index (χ0n) is 11.9. The van der Waals surface area contributed by atoms with Crippen LogP contribution < -0.4 is 0 Å². The standard InChI is InChI=1S/C17H19BrFN/c1-20(2)11-5-6-13-12-14(18)9-10-15(13)16-7-3-4-8-17(16)19/h3-4,7-10,12H,5-6,11H2,1-2H3. The molecule has 0 amide bonds. The van der Waals surface area contributed by atoms with Gasteiger partial charge in [-0.3, -0.25) is 0 Å². The maximum Gasteiger partial charge on any atom is 0.131 e. The zero-order chi connectivity index (χ0) is 14.5. The summed E-state index contributed by atoms with van der Waals surface area (Å²) < 4.78 is 15.0. The highest BCUT2D eigenvalue weighted by Gasteiger charge is 2.10. The van der Waals surface area contributed by atoms with Gasteiger partial charge in [0.2, 0.25) is 0 Å². The number of aryl methyl sites for hydroxylation is 1. The summed E-state index contributed by atoms with van der Waals surface area (Å²) in [5, 5.41) is 0. The Hall–Kier alpha value is -1.19. The highest BCUT2D eigenvalue weighted by molar-refractivity contribution is 9.10. The molecule has 0 saturated carbocycles. The first-order valence-electron chi connectivity index (χ1n) is 6.76. The lowest BCUT2D eigenvalue weighted by Gasteiger charge is -2.13. The molecule has 0 heterocycles. The molecule has 0 N–H and O–H groups in total. The molecule has 0 aromatic heterocycles.